The van der Waals surface area contributed by atoms with Crippen LogP contribution >= 0.6 is 23.1 Å². The first-order valence-electron chi connectivity index (χ1n) is 9.08. The van der Waals surface area contributed by atoms with Crippen LogP contribution in [0, 0.1) is 0 Å². The first-order valence-corrected chi connectivity index (χ1v) is 10.7. The molecule has 2 aromatic carbocycles. The van der Waals surface area contributed by atoms with Gasteiger partial charge in [-0.05, 0) is 54.8 Å². The van der Waals surface area contributed by atoms with E-state index < -0.39 is 11.7 Å². The first-order chi connectivity index (χ1) is 13.9. The second-order valence-corrected chi connectivity index (χ2v) is 9.21. The second kappa shape index (κ2) is 8.16. The minimum absolute atomic E-state index is 0.277. The molecular weight excluding hydrogens is 415 g/mol. The molecule has 2 nitrogen and oxygen atoms in total. The van der Waals surface area contributed by atoms with E-state index in [1.807, 2.05) is 35.4 Å². The van der Waals surface area contributed by atoms with Gasteiger partial charge in [0.2, 0.25) is 0 Å². The number of para-hydroxylation sites is 1. The molecule has 1 aliphatic heterocycles. The Morgan fingerprint density at radius 2 is 1.90 bits per heavy atom. The smallest absolute Gasteiger partial charge is 0.416 e. The van der Waals surface area contributed by atoms with Gasteiger partial charge >= 0.3 is 6.18 Å². The fourth-order valence-electron chi connectivity index (χ4n) is 3.27. The normalized spacial score (nSPS) is 13.6. The Hall–Kier alpha value is -2.38. The predicted molar refractivity (Wildman–Crippen MR) is 112 cm³/mol. The van der Waals surface area contributed by atoms with Crippen molar-refractivity contribution < 1.29 is 18.3 Å². The minimum atomic E-state index is -4.33. The fraction of sp³-hybridized carbons (Fsp3) is 0.182. The van der Waals surface area contributed by atoms with Gasteiger partial charge < -0.3 is 10.0 Å². The third-order valence-electron chi connectivity index (χ3n) is 4.62. The second-order valence-electron chi connectivity index (χ2n) is 6.67. The molecule has 4 rings (SSSR count). The van der Waals surface area contributed by atoms with E-state index in [0.717, 1.165) is 45.8 Å². The molecule has 1 aromatic heterocycles. The molecule has 0 spiro atoms. The quantitative estimate of drug-likeness (QED) is 0.482. The van der Waals surface area contributed by atoms with Crippen molar-refractivity contribution >= 4 is 28.8 Å². The van der Waals surface area contributed by atoms with E-state index in [4.69, 9.17) is 0 Å². The Bertz CT molecular complexity index is 1040. The van der Waals surface area contributed by atoms with Crippen molar-refractivity contribution in [1.82, 2.24) is 0 Å². The van der Waals surface area contributed by atoms with Gasteiger partial charge in [-0.1, -0.05) is 36.0 Å². The molecule has 0 atom stereocenters. The van der Waals surface area contributed by atoms with Crippen molar-refractivity contribution in [3.63, 3.8) is 0 Å². The predicted octanol–water partition coefficient (Wildman–Crippen LogP) is 6.74. The van der Waals surface area contributed by atoms with Crippen molar-refractivity contribution in [1.29, 1.82) is 0 Å². The molecule has 0 saturated heterocycles. The highest BCUT2D eigenvalue weighted by atomic mass is 32.2. The van der Waals surface area contributed by atoms with E-state index in [2.05, 4.69) is 6.08 Å². The summed E-state index contributed by atoms with van der Waals surface area (Å²) < 4.78 is 39.6. The minimum Gasteiger partial charge on any atom is -0.506 e. The number of phenolic OH excluding ortho intramolecular Hbond substituents is 1. The van der Waals surface area contributed by atoms with Crippen LogP contribution in [-0.4, -0.2) is 11.7 Å². The molecule has 29 heavy (non-hydrogen) atoms. The molecule has 0 saturated carbocycles. The standard InChI is InChI=1S/C22H18F3NOS2/c23-22(24,25)16-6-2-7-18(14-16)29-20-10-9-17(28-20)11-13-26-12-3-5-15-4-1-8-19(27)21(15)26/h1-4,6-10,12,14,27H,5,11,13H2. The summed E-state index contributed by atoms with van der Waals surface area (Å²) >= 11 is 2.93. The monoisotopic (exact) mass is 433 g/mol. The highest BCUT2D eigenvalue weighted by molar-refractivity contribution is 8.01. The number of hydrogen-bond donors (Lipinski definition) is 1. The molecule has 0 bridgehead atoms. The largest absolute Gasteiger partial charge is 0.506 e. The van der Waals surface area contributed by atoms with E-state index in [-0.39, 0.29) is 5.75 Å². The molecular formula is C22H18F3NOS2. The lowest BCUT2D eigenvalue weighted by Crippen LogP contribution is -2.22. The van der Waals surface area contributed by atoms with Crippen molar-refractivity contribution in [2.75, 3.05) is 11.4 Å². The molecule has 0 fully saturated rings. The van der Waals surface area contributed by atoms with Crippen LogP contribution in [0.4, 0.5) is 18.9 Å². The summed E-state index contributed by atoms with van der Waals surface area (Å²) in [6.07, 6.45) is 1.32. The van der Waals surface area contributed by atoms with E-state index in [9.17, 15) is 18.3 Å². The SMILES string of the molecule is Oc1cccc2c1N(CCc1ccc(Sc3cccc(C(F)(F)F)c3)s1)C=CC2. The highest BCUT2D eigenvalue weighted by Crippen LogP contribution is 2.38. The molecule has 3 aromatic rings. The maximum Gasteiger partial charge on any atom is 0.416 e. The zero-order chi connectivity index (χ0) is 20.4. The number of allylic oxidation sites excluding steroid dienone is 1. The summed E-state index contributed by atoms with van der Waals surface area (Å²) in [5.74, 6) is 0.277. The van der Waals surface area contributed by atoms with Crippen LogP contribution < -0.4 is 4.90 Å². The summed E-state index contributed by atoms with van der Waals surface area (Å²) in [4.78, 5) is 3.77. The Balaban J connectivity index is 1.42. The Kier molecular flexibility index (Phi) is 5.61. The Morgan fingerprint density at radius 3 is 2.72 bits per heavy atom. The van der Waals surface area contributed by atoms with Gasteiger partial charge in [-0.25, -0.2) is 0 Å². The van der Waals surface area contributed by atoms with Crippen LogP contribution in [0.25, 0.3) is 0 Å². The molecule has 150 valence electrons. The number of phenols is 1. The zero-order valence-electron chi connectivity index (χ0n) is 15.3. The van der Waals surface area contributed by atoms with Gasteiger partial charge in [-0.3, -0.25) is 0 Å². The summed E-state index contributed by atoms with van der Waals surface area (Å²) in [6.45, 7) is 0.718. The highest BCUT2D eigenvalue weighted by Gasteiger charge is 2.30. The van der Waals surface area contributed by atoms with Gasteiger partial charge in [0, 0.05) is 22.5 Å². The number of fused-ring (bicyclic) bond motifs is 1. The van der Waals surface area contributed by atoms with E-state index in [1.165, 1.54) is 23.9 Å². The van der Waals surface area contributed by atoms with E-state index in [1.54, 1.807) is 23.5 Å². The number of aromatic hydroxyl groups is 1. The van der Waals surface area contributed by atoms with E-state index in [0.29, 0.717) is 4.90 Å². The lowest BCUT2D eigenvalue weighted by molar-refractivity contribution is -0.137. The Labute approximate surface area is 175 Å². The zero-order valence-corrected chi connectivity index (χ0v) is 16.9. The number of thiophene rings is 1. The van der Waals surface area contributed by atoms with Gasteiger partial charge in [0.1, 0.15) is 5.75 Å². The average Bonchev–Trinajstić information content (AvgIpc) is 3.13. The van der Waals surface area contributed by atoms with Gasteiger partial charge in [-0.2, -0.15) is 13.2 Å². The molecule has 1 N–H and O–H groups in total. The van der Waals surface area contributed by atoms with Crippen LogP contribution in [0.2, 0.25) is 0 Å². The van der Waals surface area contributed by atoms with Crippen molar-refractivity contribution in [3.05, 3.63) is 82.9 Å². The summed E-state index contributed by atoms with van der Waals surface area (Å²) in [5, 5.41) is 10.2. The molecule has 0 radical (unpaired) electrons. The van der Waals surface area contributed by atoms with Crippen LogP contribution in [-0.2, 0) is 19.0 Å². The van der Waals surface area contributed by atoms with Gasteiger partial charge in [0.05, 0.1) is 15.5 Å². The molecule has 0 unspecified atom stereocenters. The van der Waals surface area contributed by atoms with Crippen LogP contribution in [0.5, 0.6) is 5.75 Å². The van der Waals surface area contributed by atoms with Crippen molar-refractivity contribution in [2.24, 2.45) is 0 Å². The maximum absolute atomic E-state index is 12.9. The number of hydrogen-bond acceptors (Lipinski definition) is 4. The molecule has 7 heteroatoms. The third-order valence-corrected chi connectivity index (χ3v) is 6.89. The number of alkyl halides is 3. The summed E-state index contributed by atoms with van der Waals surface area (Å²) in [7, 11) is 0. The number of rotatable bonds is 5. The first kappa shape index (κ1) is 19.9. The lowest BCUT2D eigenvalue weighted by atomic mass is 10.0. The number of nitrogens with zero attached hydrogens (tertiary/aromatic N) is 1. The van der Waals surface area contributed by atoms with Crippen LogP contribution in [0.3, 0.4) is 0 Å². The maximum atomic E-state index is 12.9. The number of anilines is 1. The molecule has 1 aliphatic rings. The van der Waals surface area contributed by atoms with Crippen LogP contribution in [0.1, 0.15) is 16.0 Å². The molecule has 2 heterocycles. The summed E-state index contributed by atoms with van der Waals surface area (Å²) in [6, 6.07) is 14.9. The molecule has 0 aliphatic carbocycles. The number of halogens is 3. The van der Waals surface area contributed by atoms with Crippen molar-refractivity contribution in [2.45, 2.75) is 28.1 Å². The van der Waals surface area contributed by atoms with Crippen LogP contribution in [0.15, 0.2) is 76.0 Å². The van der Waals surface area contributed by atoms with Gasteiger partial charge in [-0.15, -0.1) is 11.3 Å². The van der Waals surface area contributed by atoms with Gasteiger partial charge in [0.15, 0.2) is 0 Å². The third kappa shape index (κ3) is 4.62. The Morgan fingerprint density at radius 1 is 1.07 bits per heavy atom. The van der Waals surface area contributed by atoms with Gasteiger partial charge in [0.25, 0.3) is 0 Å². The fourth-order valence-corrected chi connectivity index (χ4v) is 5.47. The topological polar surface area (TPSA) is 23.5 Å². The molecule has 0 amide bonds. The van der Waals surface area contributed by atoms with E-state index >= 15 is 0 Å². The lowest BCUT2D eigenvalue weighted by Gasteiger charge is -2.27. The summed E-state index contributed by atoms with van der Waals surface area (Å²) in [5.41, 5.74) is 1.32. The van der Waals surface area contributed by atoms with Crippen molar-refractivity contribution in [3.8, 4) is 5.75 Å². The average molecular weight is 434 g/mol. The number of benzene rings is 2.